The summed E-state index contributed by atoms with van der Waals surface area (Å²) in [5, 5.41) is 0. The van der Waals surface area contributed by atoms with Crippen molar-refractivity contribution in [2.45, 2.75) is 13.8 Å². The van der Waals surface area contributed by atoms with E-state index in [4.69, 9.17) is 9.47 Å². The van der Waals surface area contributed by atoms with Gasteiger partial charge in [0, 0.05) is 0 Å². The molecule has 0 spiro atoms. The summed E-state index contributed by atoms with van der Waals surface area (Å²) in [5.74, 6) is 1.83. The van der Waals surface area contributed by atoms with Crippen LogP contribution in [0.2, 0.25) is 0 Å². The van der Waals surface area contributed by atoms with Crippen molar-refractivity contribution in [3.8, 4) is 11.5 Å². The first-order chi connectivity index (χ1) is 6.70. The van der Waals surface area contributed by atoms with Crippen LogP contribution in [-0.4, -0.2) is 13.2 Å². The van der Waals surface area contributed by atoms with Gasteiger partial charge in [0.25, 0.3) is 0 Å². The average Bonchev–Trinajstić information content (AvgIpc) is 2.17. The summed E-state index contributed by atoms with van der Waals surface area (Å²) in [6.45, 7) is 5.33. The van der Waals surface area contributed by atoms with Crippen molar-refractivity contribution < 1.29 is 9.47 Å². The van der Waals surface area contributed by atoms with E-state index in [0.29, 0.717) is 13.2 Å². The SMILES string of the molecule is CCOc1ccc(I)c(OCC)c1I. The third-order valence-electron chi connectivity index (χ3n) is 1.60. The Balaban J connectivity index is 3.05. The molecule has 1 aromatic carbocycles. The van der Waals surface area contributed by atoms with E-state index in [2.05, 4.69) is 45.2 Å². The van der Waals surface area contributed by atoms with Crippen molar-refractivity contribution >= 4 is 45.2 Å². The molecule has 0 fully saturated rings. The van der Waals surface area contributed by atoms with Gasteiger partial charge in [-0.15, -0.1) is 0 Å². The summed E-state index contributed by atoms with van der Waals surface area (Å²) in [7, 11) is 0. The zero-order valence-electron chi connectivity index (χ0n) is 8.14. The first-order valence-electron chi connectivity index (χ1n) is 4.44. The third-order valence-corrected chi connectivity index (χ3v) is 3.47. The maximum absolute atomic E-state index is 5.56. The molecule has 1 aromatic rings. The van der Waals surface area contributed by atoms with E-state index in [1.54, 1.807) is 0 Å². The van der Waals surface area contributed by atoms with E-state index >= 15 is 0 Å². The van der Waals surface area contributed by atoms with Crippen LogP contribution in [0, 0.1) is 7.14 Å². The fraction of sp³-hybridized carbons (Fsp3) is 0.400. The second kappa shape index (κ2) is 5.99. The Morgan fingerprint density at radius 3 is 2.29 bits per heavy atom. The molecule has 0 unspecified atom stereocenters. The summed E-state index contributed by atoms with van der Waals surface area (Å²) in [6, 6.07) is 3.99. The zero-order chi connectivity index (χ0) is 10.6. The lowest BCUT2D eigenvalue weighted by Gasteiger charge is -2.12. The van der Waals surface area contributed by atoms with Crippen molar-refractivity contribution in [1.29, 1.82) is 0 Å². The second-order valence-corrected chi connectivity index (χ2v) is 4.80. The number of hydrogen-bond donors (Lipinski definition) is 0. The van der Waals surface area contributed by atoms with Crippen molar-refractivity contribution in [3.05, 3.63) is 19.3 Å². The molecule has 0 heterocycles. The van der Waals surface area contributed by atoms with Crippen molar-refractivity contribution in [1.82, 2.24) is 0 Å². The van der Waals surface area contributed by atoms with E-state index in [0.717, 1.165) is 18.6 Å². The molecule has 0 bridgehead atoms. The van der Waals surface area contributed by atoms with Gasteiger partial charge in [-0.25, -0.2) is 0 Å². The first-order valence-corrected chi connectivity index (χ1v) is 6.60. The molecule has 0 amide bonds. The van der Waals surface area contributed by atoms with E-state index in [-0.39, 0.29) is 0 Å². The number of benzene rings is 1. The highest BCUT2D eigenvalue weighted by molar-refractivity contribution is 14.1. The molecular formula is C10H12I2O2. The van der Waals surface area contributed by atoms with Crippen LogP contribution in [-0.2, 0) is 0 Å². The number of ether oxygens (including phenoxy) is 2. The molecule has 2 nitrogen and oxygen atoms in total. The van der Waals surface area contributed by atoms with Gasteiger partial charge in [0.1, 0.15) is 11.5 Å². The summed E-state index contributed by atoms with van der Waals surface area (Å²) < 4.78 is 13.2. The highest BCUT2D eigenvalue weighted by Gasteiger charge is 2.11. The normalized spacial score (nSPS) is 10.0. The topological polar surface area (TPSA) is 18.5 Å². The van der Waals surface area contributed by atoms with Gasteiger partial charge in [-0.05, 0) is 71.2 Å². The summed E-state index contributed by atoms with van der Waals surface area (Å²) in [4.78, 5) is 0. The van der Waals surface area contributed by atoms with Gasteiger partial charge >= 0.3 is 0 Å². The van der Waals surface area contributed by atoms with Crippen molar-refractivity contribution in [3.63, 3.8) is 0 Å². The van der Waals surface area contributed by atoms with Gasteiger partial charge in [0.15, 0.2) is 0 Å². The third kappa shape index (κ3) is 2.88. The van der Waals surface area contributed by atoms with Gasteiger partial charge in [-0.1, -0.05) is 0 Å². The Labute approximate surface area is 112 Å². The molecule has 0 radical (unpaired) electrons. The molecular weight excluding hydrogens is 406 g/mol. The molecule has 14 heavy (non-hydrogen) atoms. The molecule has 0 saturated heterocycles. The molecule has 1 rings (SSSR count). The van der Waals surface area contributed by atoms with Crippen LogP contribution < -0.4 is 9.47 Å². The fourth-order valence-corrected chi connectivity index (χ4v) is 2.96. The molecule has 78 valence electrons. The maximum Gasteiger partial charge on any atom is 0.149 e. The first kappa shape index (κ1) is 12.4. The largest absolute Gasteiger partial charge is 0.493 e. The van der Waals surface area contributed by atoms with E-state index in [1.807, 2.05) is 26.0 Å². The summed E-state index contributed by atoms with van der Waals surface area (Å²) in [5.41, 5.74) is 0. The van der Waals surface area contributed by atoms with E-state index in [9.17, 15) is 0 Å². The molecule has 0 aliphatic heterocycles. The van der Waals surface area contributed by atoms with Crippen LogP contribution in [0.5, 0.6) is 11.5 Å². The van der Waals surface area contributed by atoms with Gasteiger partial charge in [0.2, 0.25) is 0 Å². The maximum atomic E-state index is 5.56. The Morgan fingerprint density at radius 1 is 1.07 bits per heavy atom. The number of halogens is 2. The number of rotatable bonds is 4. The number of hydrogen-bond acceptors (Lipinski definition) is 2. The Morgan fingerprint density at radius 2 is 1.71 bits per heavy atom. The molecule has 0 saturated carbocycles. The summed E-state index contributed by atoms with van der Waals surface area (Å²) in [6.07, 6.45) is 0. The molecule has 0 aliphatic carbocycles. The van der Waals surface area contributed by atoms with Crippen molar-refractivity contribution in [2.75, 3.05) is 13.2 Å². The van der Waals surface area contributed by atoms with Crippen LogP contribution in [0.4, 0.5) is 0 Å². The van der Waals surface area contributed by atoms with E-state index < -0.39 is 0 Å². The van der Waals surface area contributed by atoms with Gasteiger partial charge in [-0.2, -0.15) is 0 Å². The quantitative estimate of drug-likeness (QED) is 0.695. The van der Waals surface area contributed by atoms with Crippen LogP contribution in [0.15, 0.2) is 12.1 Å². The Kier molecular flexibility index (Phi) is 5.29. The Bertz CT molecular complexity index is 313. The van der Waals surface area contributed by atoms with Gasteiger partial charge < -0.3 is 9.47 Å². The predicted octanol–water partition coefficient (Wildman–Crippen LogP) is 3.69. The molecule has 0 atom stereocenters. The van der Waals surface area contributed by atoms with Crippen LogP contribution in [0.25, 0.3) is 0 Å². The highest BCUT2D eigenvalue weighted by atomic mass is 127. The lowest BCUT2D eigenvalue weighted by molar-refractivity contribution is 0.317. The van der Waals surface area contributed by atoms with Crippen LogP contribution in [0.1, 0.15) is 13.8 Å². The second-order valence-electron chi connectivity index (χ2n) is 2.55. The minimum atomic E-state index is 0.682. The smallest absolute Gasteiger partial charge is 0.149 e. The minimum absolute atomic E-state index is 0.682. The van der Waals surface area contributed by atoms with Gasteiger partial charge in [0.05, 0.1) is 20.4 Å². The monoisotopic (exact) mass is 418 g/mol. The fourth-order valence-electron chi connectivity index (χ4n) is 1.06. The minimum Gasteiger partial charge on any atom is -0.493 e. The molecule has 0 aromatic heterocycles. The standard InChI is InChI=1S/C10H12I2O2/c1-3-13-8-6-5-7(11)10(9(8)12)14-4-2/h5-6H,3-4H2,1-2H3. The Hall–Kier alpha value is 0.280. The molecule has 4 heteroatoms. The average molecular weight is 418 g/mol. The van der Waals surface area contributed by atoms with Crippen molar-refractivity contribution in [2.24, 2.45) is 0 Å². The molecule has 0 N–H and O–H groups in total. The summed E-state index contributed by atoms with van der Waals surface area (Å²) >= 11 is 4.53. The lowest BCUT2D eigenvalue weighted by Crippen LogP contribution is -2.00. The van der Waals surface area contributed by atoms with Gasteiger partial charge in [-0.3, -0.25) is 0 Å². The van der Waals surface area contributed by atoms with Crippen LogP contribution in [0.3, 0.4) is 0 Å². The predicted molar refractivity (Wildman–Crippen MR) is 74.2 cm³/mol. The molecule has 0 aliphatic rings. The lowest BCUT2D eigenvalue weighted by atomic mass is 10.3. The van der Waals surface area contributed by atoms with Crippen LogP contribution >= 0.6 is 45.2 Å². The highest BCUT2D eigenvalue weighted by Crippen LogP contribution is 2.34. The van der Waals surface area contributed by atoms with E-state index in [1.165, 1.54) is 0 Å². The zero-order valence-corrected chi connectivity index (χ0v) is 12.5.